The van der Waals surface area contributed by atoms with Crippen molar-refractivity contribution in [2.24, 2.45) is 0 Å². The van der Waals surface area contributed by atoms with Crippen molar-refractivity contribution < 1.29 is 14.2 Å². The molecule has 0 spiro atoms. The molecule has 7 heteroatoms. The summed E-state index contributed by atoms with van der Waals surface area (Å²) in [5, 5.41) is 0. The van der Waals surface area contributed by atoms with Crippen LogP contribution in [0.15, 0.2) is 36.5 Å². The summed E-state index contributed by atoms with van der Waals surface area (Å²) >= 11 is 0. The number of rotatable bonds is 4. The molecule has 0 atom stereocenters. The Hall–Kier alpha value is -2.67. The number of piperidine rings is 1. The van der Waals surface area contributed by atoms with Crippen LogP contribution < -0.4 is 24.0 Å². The van der Waals surface area contributed by atoms with Gasteiger partial charge in [-0.2, -0.15) is 0 Å². The Labute approximate surface area is 171 Å². The van der Waals surface area contributed by atoms with Crippen molar-refractivity contribution >= 4 is 11.4 Å². The van der Waals surface area contributed by atoms with Crippen molar-refractivity contribution in [2.45, 2.75) is 18.9 Å². The number of pyridine rings is 1. The van der Waals surface area contributed by atoms with Crippen LogP contribution in [-0.4, -0.2) is 69.1 Å². The molecule has 7 nitrogen and oxygen atoms in total. The highest BCUT2D eigenvalue weighted by Gasteiger charge is 2.28. The van der Waals surface area contributed by atoms with Crippen LogP contribution in [0, 0.1) is 0 Å². The van der Waals surface area contributed by atoms with Gasteiger partial charge in [0.2, 0.25) is 12.7 Å². The monoisotopic (exact) mass is 396 g/mol. The number of fused-ring (bicyclic) bond motifs is 1. The Morgan fingerprint density at radius 2 is 1.59 bits per heavy atom. The van der Waals surface area contributed by atoms with E-state index in [1.807, 2.05) is 18.3 Å². The van der Waals surface area contributed by atoms with Gasteiger partial charge in [0, 0.05) is 63.1 Å². The molecule has 0 aliphatic carbocycles. The Bertz CT molecular complexity index is 828. The highest BCUT2D eigenvalue weighted by molar-refractivity contribution is 5.57. The Kier molecular flexibility index (Phi) is 5.06. The minimum atomic E-state index is 0.333. The fourth-order valence-electron chi connectivity index (χ4n) is 4.60. The van der Waals surface area contributed by atoms with Crippen molar-refractivity contribution in [2.75, 3.05) is 63.0 Å². The first-order chi connectivity index (χ1) is 14.3. The molecule has 4 heterocycles. The van der Waals surface area contributed by atoms with Gasteiger partial charge in [-0.1, -0.05) is 0 Å². The smallest absolute Gasteiger partial charge is 0.231 e. The second-order valence-electron chi connectivity index (χ2n) is 7.84. The molecule has 154 valence electrons. The van der Waals surface area contributed by atoms with E-state index in [4.69, 9.17) is 14.2 Å². The zero-order chi connectivity index (χ0) is 19.6. The molecule has 3 aliphatic heterocycles. The van der Waals surface area contributed by atoms with Gasteiger partial charge in [-0.05, 0) is 31.0 Å². The summed E-state index contributed by atoms with van der Waals surface area (Å²) in [6.07, 6.45) is 4.33. The first-order valence-corrected chi connectivity index (χ1v) is 10.4. The van der Waals surface area contributed by atoms with Crippen LogP contribution in [0.5, 0.6) is 17.4 Å². The van der Waals surface area contributed by atoms with E-state index < -0.39 is 0 Å². The minimum absolute atomic E-state index is 0.333. The molecule has 1 aromatic carbocycles. The van der Waals surface area contributed by atoms with Crippen LogP contribution in [0.3, 0.4) is 0 Å². The van der Waals surface area contributed by atoms with Gasteiger partial charge < -0.3 is 24.0 Å². The number of nitrogens with zero attached hydrogens (tertiary/aromatic N) is 4. The number of ether oxygens (including phenoxy) is 3. The number of benzene rings is 1. The van der Waals surface area contributed by atoms with Gasteiger partial charge >= 0.3 is 0 Å². The lowest BCUT2D eigenvalue weighted by molar-refractivity contribution is 0.160. The van der Waals surface area contributed by atoms with Crippen LogP contribution >= 0.6 is 0 Å². The fraction of sp³-hybridized carbons (Fsp3) is 0.500. The second-order valence-corrected chi connectivity index (χ2v) is 7.84. The summed E-state index contributed by atoms with van der Waals surface area (Å²) in [6, 6.07) is 11.0. The normalized spacial score (nSPS) is 20.2. The van der Waals surface area contributed by atoms with E-state index in [9.17, 15) is 0 Å². The van der Waals surface area contributed by atoms with Crippen LogP contribution in [0.1, 0.15) is 12.8 Å². The van der Waals surface area contributed by atoms with Crippen LogP contribution in [0.2, 0.25) is 0 Å². The van der Waals surface area contributed by atoms with E-state index in [1.165, 1.54) is 24.2 Å². The maximum absolute atomic E-state index is 5.53. The van der Waals surface area contributed by atoms with Crippen LogP contribution in [0.25, 0.3) is 0 Å². The highest BCUT2D eigenvalue weighted by Crippen LogP contribution is 2.36. The highest BCUT2D eigenvalue weighted by atomic mass is 16.7. The lowest BCUT2D eigenvalue weighted by atomic mass is 10.0. The van der Waals surface area contributed by atoms with Gasteiger partial charge in [0.15, 0.2) is 11.5 Å². The van der Waals surface area contributed by atoms with E-state index >= 15 is 0 Å². The fourth-order valence-corrected chi connectivity index (χ4v) is 4.60. The third-order valence-corrected chi connectivity index (χ3v) is 6.31. The average Bonchev–Trinajstić information content (AvgIpc) is 3.27. The number of hydrogen-bond acceptors (Lipinski definition) is 7. The quantitative estimate of drug-likeness (QED) is 0.787. The third kappa shape index (κ3) is 3.79. The molecule has 0 amide bonds. The molecule has 0 N–H and O–H groups in total. The molecule has 0 radical (unpaired) electrons. The Morgan fingerprint density at radius 3 is 2.31 bits per heavy atom. The van der Waals surface area contributed by atoms with Gasteiger partial charge in [0.05, 0.1) is 19.0 Å². The van der Waals surface area contributed by atoms with Crippen LogP contribution in [-0.2, 0) is 0 Å². The molecule has 29 heavy (non-hydrogen) atoms. The zero-order valence-corrected chi connectivity index (χ0v) is 16.9. The number of methoxy groups -OCH3 is 1. The number of anilines is 2. The first-order valence-electron chi connectivity index (χ1n) is 10.4. The number of hydrogen-bond donors (Lipinski definition) is 0. The Balaban J connectivity index is 1.13. The number of piperazine rings is 1. The average molecular weight is 396 g/mol. The second kappa shape index (κ2) is 7.99. The van der Waals surface area contributed by atoms with Crippen molar-refractivity contribution in [1.29, 1.82) is 0 Å². The minimum Gasteiger partial charge on any atom is -0.481 e. The van der Waals surface area contributed by atoms with Gasteiger partial charge in [-0.25, -0.2) is 4.98 Å². The van der Waals surface area contributed by atoms with E-state index in [1.54, 1.807) is 7.11 Å². The van der Waals surface area contributed by atoms with E-state index in [2.05, 4.69) is 37.9 Å². The maximum Gasteiger partial charge on any atom is 0.231 e. The summed E-state index contributed by atoms with van der Waals surface area (Å²) in [5.74, 6) is 2.39. The Morgan fingerprint density at radius 1 is 0.862 bits per heavy atom. The van der Waals surface area contributed by atoms with E-state index in [-0.39, 0.29) is 0 Å². The molecule has 2 saturated heterocycles. The summed E-state index contributed by atoms with van der Waals surface area (Å²) in [5.41, 5.74) is 2.42. The lowest BCUT2D eigenvalue weighted by Gasteiger charge is -2.43. The molecule has 2 aromatic rings. The van der Waals surface area contributed by atoms with E-state index in [0.29, 0.717) is 18.7 Å². The number of aromatic nitrogens is 1. The van der Waals surface area contributed by atoms with Gasteiger partial charge in [-0.15, -0.1) is 0 Å². The predicted molar refractivity (Wildman–Crippen MR) is 112 cm³/mol. The molecular formula is C22H28N4O3. The molecule has 1 aromatic heterocycles. The van der Waals surface area contributed by atoms with Gasteiger partial charge in [0.1, 0.15) is 0 Å². The van der Waals surface area contributed by atoms with Crippen molar-refractivity contribution in [3.8, 4) is 17.4 Å². The standard InChI is InChI=1S/C22H28N4O3/c1-27-22-5-3-19(15-23-22)26-12-10-25(11-13-26)17-6-8-24(9-7-17)18-2-4-20-21(14-18)29-16-28-20/h2-5,14-15,17H,6-13,16H2,1H3. The zero-order valence-electron chi connectivity index (χ0n) is 16.9. The summed E-state index contributed by atoms with van der Waals surface area (Å²) in [4.78, 5) is 11.9. The SMILES string of the molecule is COc1ccc(N2CCN(C3CCN(c4ccc5c(c4)OCO5)CC3)CC2)cn1. The van der Waals surface area contributed by atoms with Crippen molar-refractivity contribution in [3.63, 3.8) is 0 Å². The maximum atomic E-state index is 5.53. The topological polar surface area (TPSA) is 50.3 Å². The summed E-state index contributed by atoms with van der Waals surface area (Å²) in [6.45, 7) is 6.84. The molecule has 5 rings (SSSR count). The largest absolute Gasteiger partial charge is 0.481 e. The summed E-state index contributed by atoms with van der Waals surface area (Å²) < 4.78 is 16.1. The molecular weight excluding hydrogens is 368 g/mol. The van der Waals surface area contributed by atoms with Gasteiger partial charge in [-0.3, -0.25) is 4.90 Å². The first kappa shape index (κ1) is 18.4. The van der Waals surface area contributed by atoms with Gasteiger partial charge in [0.25, 0.3) is 0 Å². The molecule has 2 fully saturated rings. The molecule has 0 bridgehead atoms. The van der Waals surface area contributed by atoms with Crippen molar-refractivity contribution in [1.82, 2.24) is 9.88 Å². The molecule has 0 saturated carbocycles. The molecule has 3 aliphatic rings. The third-order valence-electron chi connectivity index (χ3n) is 6.31. The van der Waals surface area contributed by atoms with E-state index in [0.717, 1.165) is 50.8 Å². The lowest BCUT2D eigenvalue weighted by Crippen LogP contribution is -2.53. The summed E-state index contributed by atoms with van der Waals surface area (Å²) in [7, 11) is 1.65. The predicted octanol–water partition coefficient (Wildman–Crippen LogP) is 2.61. The molecule has 0 unspecified atom stereocenters. The van der Waals surface area contributed by atoms with Crippen molar-refractivity contribution in [3.05, 3.63) is 36.5 Å². The van der Waals surface area contributed by atoms with Crippen LogP contribution in [0.4, 0.5) is 11.4 Å².